The molecule has 2 rings (SSSR count). The number of thiophene rings is 1. The number of halogens is 1. The Bertz CT molecular complexity index is 572. The third-order valence-electron chi connectivity index (χ3n) is 2.59. The summed E-state index contributed by atoms with van der Waals surface area (Å²) >= 11 is 1.63. The van der Waals surface area contributed by atoms with Crippen LogP contribution in [0, 0.1) is 5.82 Å². The molecule has 0 aliphatic carbocycles. The number of anilines is 1. The molecule has 1 unspecified atom stereocenters. The number of nitrogens with zero attached hydrogens (tertiary/aromatic N) is 1. The molecule has 6 heteroatoms. The predicted octanol–water partition coefficient (Wildman–Crippen LogP) is 3.02. The fraction of sp³-hybridized carbons (Fsp3) is 0.231. The van der Waals surface area contributed by atoms with Crippen LogP contribution in [0.4, 0.5) is 10.2 Å². The van der Waals surface area contributed by atoms with Gasteiger partial charge >= 0.3 is 5.97 Å². The van der Waals surface area contributed by atoms with E-state index in [1.807, 2.05) is 24.4 Å². The Morgan fingerprint density at radius 1 is 1.58 bits per heavy atom. The number of carboxylic acids is 1. The van der Waals surface area contributed by atoms with E-state index in [4.69, 9.17) is 5.11 Å². The number of aromatic nitrogens is 1. The topological polar surface area (TPSA) is 62.2 Å². The minimum Gasteiger partial charge on any atom is -0.478 e. The molecule has 100 valence electrons. The smallest absolute Gasteiger partial charge is 0.338 e. The highest BCUT2D eigenvalue weighted by atomic mass is 32.1. The van der Waals surface area contributed by atoms with Gasteiger partial charge in [0.1, 0.15) is 5.56 Å². The summed E-state index contributed by atoms with van der Waals surface area (Å²) in [6, 6.07) is 5.06. The Morgan fingerprint density at radius 2 is 2.37 bits per heavy atom. The molecule has 2 aromatic rings. The first-order chi connectivity index (χ1) is 9.08. The highest BCUT2D eigenvalue weighted by Crippen LogP contribution is 2.18. The van der Waals surface area contributed by atoms with Gasteiger partial charge in [0, 0.05) is 23.5 Å². The summed E-state index contributed by atoms with van der Waals surface area (Å²) in [6.07, 6.45) is 2.02. The molecular weight excluding hydrogens is 267 g/mol. The molecule has 0 saturated heterocycles. The van der Waals surface area contributed by atoms with Crippen molar-refractivity contribution in [3.63, 3.8) is 0 Å². The molecule has 1 atom stereocenters. The zero-order valence-corrected chi connectivity index (χ0v) is 11.1. The highest BCUT2D eigenvalue weighted by molar-refractivity contribution is 7.09. The standard InChI is InChI=1S/C13H13FN2O2S/c1-8(7-9-3-2-6-19-9)16-12-11(14)10(13(17)18)4-5-15-12/h2-6,8H,7H2,1H3,(H,15,16)(H,17,18). The van der Waals surface area contributed by atoms with Crippen molar-refractivity contribution in [3.8, 4) is 0 Å². The Kier molecular flexibility index (Phi) is 4.11. The summed E-state index contributed by atoms with van der Waals surface area (Å²) in [4.78, 5) is 15.8. The van der Waals surface area contributed by atoms with Crippen LogP contribution in [0.1, 0.15) is 22.2 Å². The van der Waals surface area contributed by atoms with Crippen molar-refractivity contribution in [1.82, 2.24) is 4.98 Å². The van der Waals surface area contributed by atoms with E-state index in [1.165, 1.54) is 11.1 Å². The second-order valence-corrected chi connectivity index (χ2v) is 5.19. The van der Waals surface area contributed by atoms with E-state index in [-0.39, 0.29) is 17.4 Å². The van der Waals surface area contributed by atoms with Gasteiger partial charge in [-0.05, 0) is 24.4 Å². The third-order valence-corrected chi connectivity index (χ3v) is 3.49. The quantitative estimate of drug-likeness (QED) is 0.883. The van der Waals surface area contributed by atoms with Gasteiger partial charge in [-0.2, -0.15) is 0 Å². The number of carboxylic acid groups (broad SMARTS) is 1. The minimum atomic E-state index is -1.30. The van der Waals surface area contributed by atoms with Gasteiger partial charge in [0.25, 0.3) is 0 Å². The zero-order valence-electron chi connectivity index (χ0n) is 10.3. The number of rotatable bonds is 5. The first kappa shape index (κ1) is 13.5. The average Bonchev–Trinajstić information content (AvgIpc) is 2.84. The number of nitrogens with one attached hydrogen (secondary N) is 1. The molecule has 4 nitrogen and oxygen atoms in total. The summed E-state index contributed by atoms with van der Waals surface area (Å²) < 4.78 is 13.9. The van der Waals surface area contributed by atoms with Gasteiger partial charge in [0.05, 0.1) is 0 Å². The maximum absolute atomic E-state index is 13.9. The second-order valence-electron chi connectivity index (χ2n) is 4.16. The highest BCUT2D eigenvalue weighted by Gasteiger charge is 2.16. The fourth-order valence-electron chi connectivity index (χ4n) is 1.72. The van der Waals surface area contributed by atoms with Gasteiger partial charge in [-0.25, -0.2) is 14.2 Å². The van der Waals surface area contributed by atoms with E-state index < -0.39 is 11.8 Å². The van der Waals surface area contributed by atoms with Crippen LogP contribution >= 0.6 is 11.3 Å². The Balaban J connectivity index is 2.10. The number of carbonyl (C=O) groups is 1. The van der Waals surface area contributed by atoms with Crippen LogP contribution in [-0.2, 0) is 6.42 Å². The molecule has 0 spiro atoms. The number of hydrogen-bond acceptors (Lipinski definition) is 4. The molecule has 2 aromatic heterocycles. The molecular formula is C13H13FN2O2S. The van der Waals surface area contributed by atoms with Crippen LogP contribution in [0.3, 0.4) is 0 Å². The van der Waals surface area contributed by atoms with E-state index in [9.17, 15) is 9.18 Å². The lowest BCUT2D eigenvalue weighted by atomic mass is 10.2. The number of pyridine rings is 1. The SMILES string of the molecule is CC(Cc1cccs1)Nc1nccc(C(=O)O)c1F. The maximum atomic E-state index is 13.9. The van der Waals surface area contributed by atoms with Crippen molar-refractivity contribution in [2.24, 2.45) is 0 Å². The maximum Gasteiger partial charge on any atom is 0.338 e. The van der Waals surface area contributed by atoms with Gasteiger partial charge in [-0.1, -0.05) is 6.07 Å². The second kappa shape index (κ2) is 5.79. The van der Waals surface area contributed by atoms with E-state index >= 15 is 0 Å². The molecule has 0 aromatic carbocycles. The summed E-state index contributed by atoms with van der Waals surface area (Å²) in [5.41, 5.74) is -0.374. The first-order valence-corrected chi connectivity index (χ1v) is 6.62. The summed E-state index contributed by atoms with van der Waals surface area (Å²) in [7, 11) is 0. The van der Waals surface area contributed by atoms with Crippen LogP contribution in [0.25, 0.3) is 0 Å². The summed E-state index contributed by atoms with van der Waals surface area (Å²) in [5.74, 6) is -2.15. The average molecular weight is 280 g/mol. The summed E-state index contributed by atoms with van der Waals surface area (Å²) in [6.45, 7) is 1.90. The molecule has 0 aliphatic heterocycles. The molecule has 0 aliphatic rings. The van der Waals surface area contributed by atoms with E-state index in [0.717, 1.165) is 12.5 Å². The van der Waals surface area contributed by atoms with E-state index in [2.05, 4.69) is 10.3 Å². The van der Waals surface area contributed by atoms with Crippen molar-refractivity contribution < 1.29 is 14.3 Å². The van der Waals surface area contributed by atoms with Gasteiger partial charge < -0.3 is 10.4 Å². The Hall–Kier alpha value is -1.95. The van der Waals surface area contributed by atoms with Crippen LogP contribution < -0.4 is 5.32 Å². The number of hydrogen-bond donors (Lipinski definition) is 2. The van der Waals surface area contributed by atoms with Gasteiger partial charge in [-0.15, -0.1) is 11.3 Å². The molecule has 0 fully saturated rings. The van der Waals surface area contributed by atoms with Gasteiger partial charge in [-0.3, -0.25) is 0 Å². The normalized spacial score (nSPS) is 12.1. The fourth-order valence-corrected chi connectivity index (χ4v) is 2.56. The molecule has 2 heterocycles. The number of aromatic carboxylic acids is 1. The van der Waals surface area contributed by atoms with Crippen molar-refractivity contribution in [2.75, 3.05) is 5.32 Å². The van der Waals surface area contributed by atoms with Crippen molar-refractivity contribution in [1.29, 1.82) is 0 Å². The lowest BCUT2D eigenvalue weighted by Crippen LogP contribution is -2.20. The lowest BCUT2D eigenvalue weighted by molar-refractivity contribution is 0.0692. The van der Waals surface area contributed by atoms with Crippen LogP contribution in [0.15, 0.2) is 29.8 Å². The third kappa shape index (κ3) is 3.29. The monoisotopic (exact) mass is 280 g/mol. The van der Waals surface area contributed by atoms with Gasteiger partial charge in [0.2, 0.25) is 0 Å². The minimum absolute atomic E-state index is 0.0241. The molecule has 0 saturated carbocycles. The van der Waals surface area contributed by atoms with Crippen molar-refractivity contribution in [3.05, 3.63) is 46.0 Å². The predicted molar refractivity (Wildman–Crippen MR) is 72.3 cm³/mol. The summed E-state index contributed by atoms with van der Waals surface area (Å²) in [5, 5.41) is 13.7. The largest absolute Gasteiger partial charge is 0.478 e. The van der Waals surface area contributed by atoms with E-state index in [0.29, 0.717) is 0 Å². The zero-order chi connectivity index (χ0) is 13.8. The van der Waals surface area contributed by atoms with E-state index in [1.54, 1.807) is 11.3 Å². The molecule has 2 N–H and O–H groups in total. The van der Waals surface area contributed by atoms with Crippen molar-refractivity contribution >= 4 is 23.1 Å². The first-order valence-electron chi connectivity index (χ1n) is 5.74. The van der Waals surface area contributed by atoms with Crippen molar-refractivity contribution in [2.45, 2.75) is 19.4 Å². The Morgan fingerprint density at radius 3 is 3.00 bits per heavy atom. The molecule has 19 heavy (non-hydrogen) atoms. The van der Waals surface area contributed by atoms with Crippen LogP contribution in [-0.4, -0.2) is 22.1 Å². The molecule has 0 amide bonds. The van der Waals surface area contributed by atoms with Gasteiger partial charge in [0.15, 0.2) is 11.6 Å². The Labute approximate surface area is 113 Å². The lowest BCUT2D eigenvalue weighted by Gasteiger charge is -2.14. The van der Waals surface area contributed by atoms with Crippen LogP contribution in [0.5, 0.6) is 0 Å². The van der Waals surface area contributed by atoms with Crippen LogP contribution in [0.2, 0.25) is 0 Å². The molecule has 0 radical (unpaired) electrons. The molecule has 0 bridgehead atoms.